The molecule has 0 radical (unpaired) electrons. The lowest BCUT2D eigenvalue weighted by atomic mass is 10.0. The molecule has 0 aliphatic rings. The van der Waals surface area contributed by atoms with Crippen LogP contribution in [0.25, 0.3) is 0 Å². The van der Waals surface area contributed by atoms with Crippen LogP contribution in [-0.2, 0) is 37.5 Å². The highest BCUT2D eigenvalue weighted by atomic mass is 31.2. The molecule has 0 heterocycles. The van der Waals surface area contributed by atoms with Gasteiger partial charge < -0.3 is 25.2 Å². The number of esters is 2. The first-order valence-corrected chi connectivity index (χ1v) is 27.7. The Bertz CT molecular complexity index is 1280. The van der Waals surface area contributed by atoms with Gasteiger partial charge in [-0.25, -0.2) is 4.57 Å². The van der Waals surface area contributed by atoms with Gasteiger partial charge in [-0.3, -0.25) is 23.4 Å². The Morgan fingerprint density at radius 3 is 1.29 bits per heavy atom. The van der Waals surface area contributed by atoms with Gasteiger partial charge in [-0.2, -0.15) is 0 Å². The monoisotopic (exact) mass is 938 g/mol. The van der Waals surface area contributed by atoms with Gasteiger partial charge in [0, 0.05) is 12.8 Å². The number of hydrogen-bond donors (Lipinski definition) is 3. The SMILES string of the molecule is CC/C=C\C/C=C\C/C=C\C/C=C\CCCCCCCCC(=O)OC(COC(=O)CCCCCCCCCCCCCCCCCCCCCCCC)COP(=O)(O)OCC(N)C(=O)O. The molecule has 0 spiro atoms. The lowest BCUT2D eigenvalue weighted by Gasteiger charge is -2.20. The second kappa shape index (κ2) is 47.9. The van der Waals surface area contributed by atoms with E-state index in [9.17, 15) is 23.8 Å². The molecule has 0 saturated heterocycles. The Morgan fingerprint density at radius 1 is 0.492 bits per heavy atom. The molecule has 65 heavy (non-hydrogen) atoms. The molecule has 0 aliphatic carbocycles. The van der Waals surface area contributed by atoms with E-state index in [-0.39, 0.29) is 19.4 Å². The van der Waals surface area contributed by atoms with Crippen LogP contribution in [0, 0.1) is 0 Å². The highest BCUT2D eigenvalue weighted by Gasteiger charge is 2.28. The van der Waals surface area contributed by atoms with Gasteiger partial charge in [-0.05, 0) is 51.4 Å². The van der Waals surface area contributed by atoms with Crippen molar-refractivity contribution in [3.8, 4) is 0 Å². The molecule has 0 aromatic carbocycles. The largest absolute Gasteiger partial charge is 0.480 e. The summed E-state index contributed by atoms with van der Waals surface area (Å²) in [7, 11) is -4.73. The zero-order valence-corrected chi connectivity index (χ0v) is 42.2. The molecule has 4 N–H and O–H groups in total. The fourth-order valence-corrected chi connectivity index (χ4v) is 8.07. The summed E-state index contributed by atoms with van der Waals surface area (Å²) >= 11 is 0. The number of carbonyl (C=O) groups is 3. The molecule has 378 valence electrons. The summed E-state index contributed by atoms with van der Waals surface area (Å²) < 4.78 is 32.9. The fraction of sp³-hybridized carbons (Fsp3) is 0.792. The average molecular weight is 938 g/mol. The van der Waals surface area contributed by atoms with Crippen LogP contribution >= 0.6 is 7.82 Å². The van der Waals surface area contributed by atoms with Crippen LogP contribution in [0.1, 0.15) is 239 Å². The molecular formula is C53H96NO10P. The number of carboxylic acid groups (broad SMARTS) is 1. The number of rotatable bonds is 49. The highest BCUT2D eigenvalue weighted by molar-refractivity contribution is 7.47. The number of aliphatic carboxylic acids is 1. The second-order valence-electron chi connectivity index (χ2n) is 17.6. The summed E-state index contributed by atoms with van der Waals surface area (Å²) in [4.78, 5) is 46.2. The van der Waals surface area contributed by atoms with E-state index < -0.39 is 51.1 Å². The fourth-order valence-electron chi connectivity index (χ4n) is 7.29. The van der Waals surface area contributed by atoms with Crippen LogP contribution in [-0.4, -0.2) is 59.9 Å². The molecule has 0 saturated carbocycles. The van der Waals surface area contributed by atoms with Crippen molar-refractivity contribution in [2.24, 2.45) is 5.73 Å². The Morgan fingerprint density at radius 2 is 0.862 bits per heavy atom. The van der Waals surface area contributed by atoms with Crippen LogP contribution in [0.3, 0.4) is 0 Å². The average Bonchev–Trinajstić information content (AvgIpc) is 3.28. The standard InChI is InChI=1S/C53H96NO10P/c1-3-5-7-9-11-13-15-17-19-21-23-24-25-27-28-30-32-34-36-38-40-42-44-51(55)61-46-49(47-62-65(59,60)63-48-50(54)53(57)58)64-52(56)45-43-41-39-37-35-33-31-29-26-22-20-18-16-14-12-10-8-6-4-2/h6,8,12,14,18,20,26,29,49-50H,3-5,7,9-11,13,15-17,19,21-25,27-28,30-48,54H2,1-2H3,(H,57,58)(H,59,60)/b8-6-,14-12-,20-18-,29-26-. The molecule has 3 atom stereocenters. The first kappa shape index (κ1) is 62.4. The molecule has 12 heteroatoms. The molecule has 0 bridgehead atoms. The Hall–Kier alpha value is -2.56. The number of carbonyl (C=O) groups excluding carboxylic acids is 2. The molecule has 0 aromatic heterocycles. The predicted molar refractivity (Wildman–Crippen MR) is 268 cm³/mol. The lowest BCUT2D eigenvalue weighted by Crippen LogP contribution is -2.34. The number of allylic oxidation sites excluding steroid dienone is 8. The van der Waals surface area contributed by atoms with E-state index in [4.69, 9.17) is 24.8 Å². The summed E-state index contributed by atoms with van der Waals surface area (Å²) in [5.74, 6) is -2.39. The van der Waals surface area contributed by atoms with Gasteiger partial charge in [-0.15, -0.1) is 0 Å². The van der Waals surface area contributed by atoms with E-state index in [1.807, 2.05) is 0 Å². The molecule has 0 rings (SSSR count). The Labute approximate surface area is 396 Å². The highest BCUT2D eigenvalue weighted by Crippen LogP contribution is 2.43. The molecule has 3 unspecified atom stereocenters. The van der Waals surface area contributed by atoms with Crippen molar-refractivity contribution in [2.45, 2.75) is 251 Å². The molecule has 0 fully saturated rings. The topological polar surface area (TPSA) is 172 Å². The van der Waals surface area contributed by atoms with Crippen LogP contribution in [0.5, 0.6) is 0 Å². The van der Waals surface area contributed by atoms with Crippen molar-refractivity contribution < 1.29 is 47.5 Å². The Kier molecular flexibility index (Phi) is 46.0. The summed E-state index contributed by atoms with van der Waals surface area (Å²) in [5.41, 5.74) is 5.35. The number of nitrogens with two attached hydrogens (primary N) is 1. The van der Waals surface area contributed by atoms with E-state index in [1.165, 1.54) is 116 Å². The zero-order valence-electron chi connectivity index (χ0n) is 41.3. The Balaban J connectivity index is 4.22. The molecule has 0 aliphatic heterocycles. The quantitative estimate of drug-likeness (QED) is 0.0229. The van der Waals surface area contributed by atoms with Gasteiger partial charge in [0.15, 0.2) is 6.10 Å². The third-order valence-corrected chi connectivity index (χ3v) is 12.3. The van der Waals surface area contributed by atoms with Crippen LogP contribution in [0.4, 0.5) is 0 Å². The third kappa shape index (κ3) is 47.7. The first-order chi connectivity index (χ1) is 31.6. The van der Waals surface area contributed by atoms with Crippen LogP contribution in [0.15, 0.2) is 48.6 Å². The summed E-state index contributed by atoms with van der Waals surface area (Å²) in [6, 6.07) is -1.53. The zero-order chi connectivity index (χ0) is 47.7. The van der Waals surface area contributed by atoms with Crippen LogP contribution < -0.4 is 5.73 Å². The maximum absolute atomic E-state index is 12.7. The van der Waals surface area contributed by atoms with Gasteiger partial charge >= 0.3 is 25.7 Å². The maximum atomic E-state index is 12.7. The minimum absolute atomic E-state index is 0.145. The van der Waals surface area contributed by atoms with E-state index in [0.717, 1.165) is 83.5 Å². The molecular weight excluding hydrogens is 842 g/mol. The molecule has 0 amide bonds. The van der Waals surface area contributed by atoms with E-state index in [1.54, 1.807) is 0 Å². The van der Waals surface area contributed by atoms with Gasteiger partial charge in [0.2, 0.25) is 0 Å². The number of phosphoric acid groups is 1. The van der Waals surface area contributed by atoms with Gasteiger partial charge in [-0.1, -0.05) is 223 Å². The van der Waals surface area contributed by atoms with E-state index in [0.29, 0.717) is 12.8 Å². The minimum Gasteiger partial charge on any atom is -0.480 e. The normalized spacial score (nSPS) is 13.9. The van der Waals surface area contributed by atoms with Crippen LogP contribution in [0.2, 0.25) is 0 Å². The number of carboxylic acids is 1. The number of hydrogen-bond acceptors (Lipinski definition) is 9. The van der Waals surface area contributed by atoms with Crippen molar-refractivity contribution in [1.29, 1.82) is 0 Å². The van der Waals surface area contributed by atoms with Crippen molar-refractivity contribution in [3.63, 3.8) is 0 Å². The molecule has 11 nitrogen and oxygen atoms in total. The lowest BCUT2D eigenvalue weighted by molar-refractivity contribution is -0.161. The number of ether oxygens (including phenoxy) is 2. The summed E-state index contributed by atoms with van der Waals surface area (Å²) in [6.07, 6.45) is 56.0. The predicted octanol–water partition coefficient (Wildman–Crippen LogP) is 14.9. The van der Waals surface area contributed by atoms with E-state index in [2.05, 4.69) is 67.0 Å². The van der Waals surface area contributed by atoms with Crippen molar-refractivity contribution >= 4 is 25.7 Å². The van der Waals surface area contributed by atoms with Crippen molar-refractivity contribution in [3.05, 3.63) is 48.6 Å². The number of unbranched alkanes of at least 4 members (excludes halogenated alkanes) is 27. The van der Waals surface area contributed by atoms with Crippen molar-refractivity contribution in [2.75, 3.05) is 19.8 Å². The van der Waals surface area contributed by atoms with E-state index >= 15 is 0 Å². The summed E-state index contributed by atoms with van der Waals surface area (Å²) in [5, 5.41) is 8.93. The first-order valence-electron chi connectivity index (χ1n) is 26.2. The van der Waals surface area contributed by atoms with Crippen molar-refractivity contribution in [1.82, 2.24) is 0 Å². The van der Waals surface area contributed by atoms with Gasteiger partial charge in [0.25, 0.3) is 0 Å². The summed E-state index contributed by atoms with van der Waals surface area (Å²) in [6.45, 7) is 2.72. The maximum Gasteiger partial charge on any atom is 0.472 e. The molecule has 0 aromatic rings. The third-order valence-electron chi connectivity index (χ3n) is 11.3. The minimum atomic E-state index is -4.73. The van der Waals surface area contributed by atoms with Gasteiger partial charge in [0.1, 0.15) is 12.6 Å². The number of phosphoric ester groups is 1. The van der Waals surface area contributed by atoms with Gasteiger partial charge in [0.05, 0.1) is 13.2 Å². The smallest absolute Gasteiger partial charge is 0.472 e. The second-order valence-corrected chi connectivity index (χ2v) is 19.1.